The average molecular weight is 319 g/mol. The number of carbonyl (C=O) groups excluding carboxylic acids is 1. The number of benzene rings is 1. The first-order chi connectivity index (χ1) is 10.4. The molecule has 2 rings (SSSR count). The van der Waals surface area contributed by atoms with Gasteiger partial charge in [-0.2, -0.15) is 0 Å². The zero-order chi connectivity index (χ0) is 16.4. The Morgan fingerprint density at radius 2 is 2.05 bits per heavy atom. The fourth-order valence-electron chi connectivity index (χ4n) is 2.33. The summed E-state index contributed by atoms with van der Waals surface area (Å²) in [5.74, 6) is 0.648. The number of nitrogens with zero attached hydrogens (tertiary/aromatic N) is 3. The number of thiocarbonyl (C=S) groups is 1. The molecule has 1 saturated heterocycles. The van der Waals surface area contributed by atoms with Crippen molar-refractivity contribution in [2.75, 3.05) is 39.7 Å². The normalized spacial score (nSPS) is 16.7. The van der Waals surface area contributed by atoms with Gasteiger partial charge in [0.25, 0.3) is 5.91 Å². The minimum atomic E-state index is -0.0752. The molecule has 1 aliphatic rings. The summed E-state index contributed by atoms with van der Waals surface area (Å²) in [6.07, 6.45) is 1.82. The summed E-state index contributed by atoms with van der Waals surface area (Å²) in [4.78, 5) is 17.7. The van der Waals surface area contributed by atoms with Gasteiger partial charge in [-0.15, -0.1) is 0 Å². The third-order valence-corrected chi connectivity index (χ3v) is 4.18. The fourth-order valence-corrected chi connectivity index (χ4v) is 2.65. The second-order valence-corrected chi connectivity index (χ2v) is 5.61. The van der Waals surface area contributed by atoms with Gasteiger partial charge in [-0.3, -0.25) is 9.69 Å². The van der Waals surface area contributed by atoms with Gasteiger partial charge in [-0.1, -0.05) is 0 Å². The van der Waals surface area contributed by atoms with E-state index in [1.54, 1.807) is 16.9 Å². The van der Waals surface area contributed by atoms with E-state index in [0.717, 1.165) is 17.0 Å². The van der Waals surface area contributed by atoms with Gasteiger partial charge in [-0.25, -0.2) is 0 Å². The van der Waals surface area contributed by atoms with Crippen LogP contribution in [-0.4, -0.2) is 55.6 Å². The molecule has 1 aromatic rings. The van der Waals surface area contributed by atoms with Crippen LogP contribution in [-0.2, 0) is 4.79 Å². The molecule has 0 atom stereocenters. The van der Waals surface area contributed by atoms with Crippen molar-refractivity contribution in [1.82, 2.24) is 9.80 Å². The molecule has 1 aromatic carbocycles. The number of amides is 1. The molecule has 0 aromatic heterocycles. The fraction of sp³-hybridized carbons (Fsp3) is 0.375. The molecule has 5 nitrogen and oxygen atoms in total. The number of rotatable bonds is 4. The van der Waals surface area contributed by atoms with Gasteiger partial charge in [0.15, 0.2) is 5.11 Å². The molecule has 6 heteroatoms. The van der Waals surface area contributed by atoms with Crippen molar-refractivity contribution in [3.05, 3.63) is 29.5 Å². The van der Waals surface area contributed by atoms with Crippen LogP contribution in [0.4, 0.5) is 5.69 Å². The first kappa shape index (κ1) is 16.3. The first-order valence-electron chi connectivity index (χ1n) is 7.07. The predicted octanol–water partition coefficient (Wildman–Crippen LogP) is 2.18. The molecule has 22 heavy (non-hydrogen) atoms. The van der Waals surface area contributed by atoms with E-state index in [1.165, 1.54) is 0 Å². The Morgan fingerprint density at radius 3 is 2.55 bits per heavy atom. The molecule has 0 N–H and O–H groups in total. The maximum atomic E-state index is 12.4. The standard InChI is InChI=1S/C16H21N3O2S/c1-6-19-15(20)13(18(4)16(19)22)9-11-7-8-12(17(2)3)10-14(11)21-5/h7-10H,6H2,1-5H3/b13-9-. The van der Waals surface area contributed by atoms with Crippen LogP contribution >= 0.6 is 12.2 Å². The van der Waals surface area contributed by atoms with E-state index in [0.29, 0.717) is 17.4 Å². The van der Waals surface area contributed by atoms with Crippen molar-refractivity contribution in [2.24, 2.45) is 0 Å². The van der Waals surface area contributed by atoms with Gasteiger partial charge < -0.3 is 14.5 Å². The van der Waals surface area contributed by atoms with Crippen LogP contribution in [0.25, 0.3) is 6.08 Å². The molecule has 0 unspecified atom stereocenters. The number of likely N-dealkylation sites (N-methyl/N-ethyl adjacent to an activating group) is 2. The maximum absolute atomic E-state index is 12.4. The van der Waals surface area contributed by atoms with Crippen LogP contribution in [0.15, 0.2) is 23.9 Å². The van der Waals surface area contributed by atoms with Gasteiger partial charge in [0.1, 0.15) is 11.4 Å². The van der Waals surface area contributed by atoms with E-state index in [2.05, 4.69) is 0 Å². The highest BCUT2D eigenvalue weighted by atomic mass is 32.1. The summed E-state index contributed by atoms with van der Waals surface area (Å²) in [6.45, 7) is 2.48. The van der Waals surface area contributed by atoms with Gasteiger partial charge in [0, 0.05) is 45.0 Å². The number of ether oxygens (including phenoxy) is 1. The van der Waals surface area contributed by atoms with Gasteiger partial charge >= 0.3 is 0 Å². The molecule has 0 spiro atoms. The topological polar surface area (TPSA) is 36.0 Å². The van der Waals surface area contributed by atoms with E-state index in [4.69, 9.17) is 17.0 Å². The second kappa shape index (κ2) is 6.36. The lowest BCUT2D eigenvalue weighted by Crippen LogP contribution is -2.30. The van der Waals surface area contributed by atoms with Crippen LogP contribution in [0.1, 0.15) is 12.5 Å². The Hall–Kier alpha value is -2.08. The van der Waals surface area contributed by atoms with E-state index >= 15 is 0 Å². The van der Waals surface area contributed by atoms with Crippen LogP contribution in [0, 0.1) is 0 Å². The predicted molar refractivity (Wildman–Crippen MR) is 93.0 cm³/mol. The molecule has 0 bridgehead atoms. The molecular formula is C16H21N3O2S. The summed E-state index contributed by atoms with van der Waals surface area (Å²) in [6, 6.07) is 5.88. The lowest BCUT2D eigenvalue weighted by atomic mass is 10.1. The van der Waals surface area contributed by atoms with Crippen LogP contribution in [0.2, 0.25) is 0 Å². The maximum Gasteiger partial charge on any atom is 0.276 e. The highest BCUT2D eigenvalue weighted by molar-refractivity contribution is 7.80. The number of hydrogen-bond acceptors (Lipinski definition) is 4. The van der Waals surface area contributed by atoms with E-state index in [1.807, 2.05) is 57.2 Å². The van der Waals surface area contributed by atoms with Crippen molar-refractivity contribution in [3.8, 4) is 5.75 Å². The van der Waals surface area contributed by atoms with Crippen LogP contribution < -0.4 is 9.64 Å². The Morgan fingerprint density at radius 1 is 1.36 bits per heavy atom. The monoisotopic (exact) mass is 319 g/mol. The SMILES string of the molecule is CCN1C(=O)/C(=C/c2ccc(N(C)C)cc2OC)N(C)C1=S. The largest absolute Gasteiger partial charge is 0.496 e. The van der Waals surface area contributed by atoms with Crippen molar-refractivity contribution in [3.63, 3.8) is 0 Å². The Bertz CT molecular complexity index is 640. The molecule has 118 valence electrons. The molecule has 1 amide bonds. The zero-order valence-corrected chi connectivity index (χ0v) is 14.4. The lowest BCUT2D eigenvalue weighted by molar-refractivity contribution is -0.122. The third kappa shape index (κ3) is 2.78. The summed E-state index contributed by atoms with van der Waals surface area (Å²) in [7, 11) is 7.37. The minimum Gasteiger partial charge on any atom is -0.496 e. The molecule has 0 radical (unpaired) electrons. The summed E-state index contributed by atoms with van der Waals surface area (Å²) < 4.78 is 5.45. The molecule has 1 fully saturated rings. The zero-order valence-electron chi connectivity index (χ0n) is 13.6. The summed E-state index contributed by atoms with van der Waals surface area (Å²) in [5.41, 5.74) is 2.45. The van der Waals surface area contributed by atoms with Gasteiger partial charge in [0.2, 0.25) is 0 Å². The highest BCUT2D eigenvalue weighted by Crippen LogP contribution is 2.29. The number of anilines is 1. The number of carbonyl (C=O) groups is 1. The lowest BCUT2D eigenvalue weighted by Gasteiger charge is -2.16. The smallest absolute Gasteiger partial charge is 0.276 e. The van der Waals surface area contributed by atoms with Gasteiger partial charge in [0.05, 0.1) is 7.11 Å². The van der Waals surface area contributed by atoms with Crippen LogP contribution in [0.5, 0.6) is 5.75 Å². The second-order valence-electron chi connectivity index (χ2n) is 5.24. The number of methoxy groups -OCH3 is 1. The Balaban J connectivity index is 2.45. The molecule has 0 saturated carbocycles. The van der Waals surface area contributed by atoms with Crippen molar-refractivity contribution in [1.29, 1.82) is 0 Å². The van der Waals surface area contributed by atoms with Crippen molar-refractivity contribution >= 4 is 35.0 Å². The van der Waals surface area contributed by atoms with E-state index in [-0.39, 0.29) is 5.91 Å². The van der Waals surface area contributed by atoms with Crippen LogP contribution in [0.3, 0.4) is 0 Å². The first-order valence-corrected chi connectivity index (χ1v) is 7.48. The van der Waals surface area contributed by atoms with Crippen molar-refractivity contribution < 1.29 is 9.53 Å². The number of hydrogen-bond donors (Lipinski definition) is 0. The summed E-state index contributed by atoms with van der Waals surface area (Å²) in [5, 5.41) is 0.530. The third-order valence-electron chi connectivity index (χ3n) is 3.69. The molecule has 0 aliphatic carbocycles. The molecule has 1 aliphatic heterocycles. The molecular weight excluding hydrogens is 298 g/mol. The Kier molecular flexibility index (Phi) is 4.71. The van der Waals surface area contributed by atoms with E-state index < -0.39 is 0 Å². The minimum absolute atomic E-state index is 0.0752. The van der Waals surface area contributed by atoms with Gasteiger partial charge in [-0.05, 0) is 37.4 Å². The molecule has 1 heterocycles. The van der Waals surface area contributed by atoms with E-state index in [9.17, 15) is 4.79 Å². The average Bonchev–Trinajstić information content (AvgIpc) is 2.70. The Labute approximate surface area is 136 Å². The highest BCUT2D eigenvalue weighted by Gasteiger charge is 2.34. The van der Waals surface area contributed by atoms with Crippen molar-refractivity contribution in [2.45, 2.75) is 6.92 Å². The summed E-state index contributed by atoms with van der Waals surface area (Å²) >= 11 is 5.30. The quantitative estimate of drug-likeness (QED) is 0.628.